The summed E-state index contributed by atoms with van der Waals surface area (Å²) in [5.74, 6) is 0.305. The van der Waals surface area contributed by atoms with Crippen molar-refractivity contribution in [2.45, 2.75) is 25.3 Å². The molecule has 0 spiro atoms. The fraction of sp³-hybridized carbons (Fsp3) is 0.357. The third kappa shape index (κ3) is 2.11. The van der Waals surface area contributed by atoms with Crippen molar-refractivity contribution in [1.82, 2.24) is 15.5 Å². The zero-order chi connectivity index (χ0) is 12.4. The Balaban J connectivity index is 1.89. The summed E-state index contributed by atoms with van der Waals surface area (Å²) in [7, 11) is 0. The lowest BCUT2D eigenvalue weighted by molar-refractivity contribution is 0.477. The number of para-hydroxylation sites is 1. The van der Waals surface area contributed by atoms with Crippen LogP contribution in [0.1, 0.15) is 18.5 Å². The highest BCUT2D eigenvalue weighted by atomic mass is 16.3. The van der Waals surface area contributed by atoms with E-state index in [1.165, 1.54) is 12.8 Å². The third-order valence-electron chi connectivity index (χ3n) is 3.53. The molecular formula is C14H17N3O. The molecule has 4 nitrogen and oxygen atoms in total. The Bertz CT molecular complexity index is 529. The predicted molar refractivity (Wildman–Crippen MR) is 70.4 cm³/mol. The Kier molecular flexibility index (Phi) is 3.02. The number of nitrogens with one attached hydrogen (secondary N) is 2. The molecule has 3 N–H and O–H groups in total. The highest BCUT2D eigenvalue weighted by molar-refractivity contribution is 5.71. The summed E-state index contributed by atoms with van der Waals surface area (Å²) in [5.41, 5.74) is 2.94. The van der Waals surface area contributed by atoms with Crippen LogP contribution in [-0.4, -0.2) is 27.9 Å². The molecule has 1 fully saturated rings. The molecule has 2 aromatic rings. The molecule has 1 aromatic carbocycles. The summed E-state index contributed by atoms with van der Waals surface area (Å²) in [4.78, 5) is 0. The van der Waals surface area contributed by atoms with Crippen molar-refractivity contribution in [2.75, 3.05) is 6.54 Å². The molecule has 1 aliphatic rings. The summed E-state index contributed by atoms with van der Waals surface area (Å²) in [6, 6.07) is 7.91. The summed E-state index contributed by atoms with van der Waals surface area (Å²) < 4.78 is 0. The zero-order valence-electron chi connectivity index (χ0n) is 10.2. The van der Waals surface area contributed by atoms with Crippen molar-refractivity contribution in [3.63, 3.8) is 0 Å². The first-order valence-electron chi connectivity index (χ1n) is 6.38. The van der Waals surface area contributed by atoms with Gasteiger partial charge in [0.1, 0.15) is 5.75 Å². The minimum Gasteiger partial charge on any atom is -0.507 e. The van der Waals surface area contributed by atoms with Crippen molar-refractivity contribution in [1.29, 1.82) is 0 Å². The Labute approximate surface area is 106 Å². The second-order valence-corrected chi connectivity index (χ2v) is 4.78. The van der Waals surface area contributed by atoms with Crippen LogP contribution in [0.2, 0.25) is 0 Å². The largest absolute Gasteiger partial charge is 0.507 e. The van der Waals surface area contributed by atoms with E-state index < -0.39 is 0 Å². The van der Waals surface area contributed by atoms with E-state index in [1.54, 1.807) is 12.3 Å². The van der Waals surface area contributed by atoms with Crippen molar-refractivity contribution in [2.24, 2.45) is 0 Å². The molecule has 1 aromatic heterocycles. The Morgan fingerprint density at radius 3 is 2.94 bits per heavy atom. The van der Waals surface area contributed by atoms with E-state index in [1.807, 2.05) is 18.2 Å². The minimum atomic E-state index is 0.305. The second-order valence-electron chi connectivity index (χ2n) is 4.78. The smallest absolute Gasteiger partial charge is 0.123 e. The highest BCUT2D eigenvalue weighted by Gasteiger charge is 2.18. The average molecular weight is 243 g/mol. The lowest BCUT2D eigenvalue weighted by Gasteiger charge is -2.10. The SMILES string of the molecule is Oc1ccccc1-c1cn[nH]c1CC1CCCN1. The van der Waals surface area contributed by atoms with Crippen molar-refractivity contribution >= 4 is 0 Å². The van der Waals surface area contributed by atoms with Crippen LogP contribution in [0.4, 0.5) is 0 Å². The van der Waals surface area contributed by atoms with Gasteiger partial charge in [-0.1, -0.05) is 18.2 Å². The van der Waals surface area contributed by atoms with E-state index in [-0.39, 0.29) is 0 Å². The molecule has 1 saturated heterocycles. The Morgan fingerprint density at radius 2 is 2.17 bits per heavy atom. The first-order valence-corrected chi connectivity index (χ1v) is 6.38. The Morgan fingerprint density at radius 1 is 1.28 bits per heavy atom. The van der Waals surface area contributed by atoms with Gasteiger partial charge in [-0.15, -0.1) is 0 Å². The van der Waals surface area contributed by atoms with E-state index in [2.05, 4.69) is 15.5 Å². The molecule has 4 heteroatoms. The van der Waals surface area contributed by atoms with Gasteiger partial charge in [-0.25, -0.2) is 0 Å². The van der Waals surface area contributed by atoms with Crippen LogP contribution < -0.4 is 5.32 Å². The number of phenols is 1. The van der Waals surface area contributed by atoms with Crippen LogP contribution >= 0.6 is 0 Å². The third-order valence-corrected chi connectivity index (χ3v) is 3.53. The van der Waals surface area contributed by atoms with Gasteiger partial charge in [-0.3, -0.25) is 5.10 Å². The molecular weight excluding hydrogens is 226 g/mol. The zero-order valence-corrected chi connectivity index (χ0v) is 10.2. The summed E-state index contributed by atoms with van der Waals surface area (Å²) in [6.45, 7) is 1.10. The predicted octanol–water partition coefficient (Wildman–Crippen LogP) is 2.08. The molecule has 0 bridgehead atoms. The first kappa shape index (κ1) is 11.3. The topological polar surface area (TPSA) is 60.9 Å². The number of H-pyrrole nitrogens is 1. The standard InChI is InChI=1S/C14H17N3O/c18-14-6-2-1-5-11(14)12-9-16-17-13(12)8-10-4-3-7-15-10/h1-2,5-6,9-10,15,18H,3-4,7-8H2,(H,16,17). The number of aromatic hydroxyl groups is 1. The molecule has 0 radical (unpaired) electrons. The van der Waals surface area contributed by atoms with Gasteiger partial charge in [-0.05, 0) is 25.5 Å². The maximum absolute atomic E-state index is 9.91. The molecule has 1 atom stereocenters. The van der Waals surface area contributed by atoms with E-state index >= 15 is 0 Å². The second kappa shape index (κ2) is 4.82. The highest BCUT2D eigenvalue weighted by Crippen LogP contribution is 2.31. The van der Waals surface area contributed by atoms with Gasteiger partial charge in [0.25, 0.3) is 0 Å². The number of aromatic nitrogens is 2. The minimum absolute atomic E-state index is 0.305. The van der Waals surface area contributed by atoms with Gasteiger partial charge in [0.05, 0.1) is 6.20 Å². The normalized spacial score (nSPS) is 19.2. The van der Waals surface area contributed by atoms with E-state index in [0.717, 1.165) is 29.8 Å². The summed E-state index contributed by atoms with van der Waals surface area (Å²) in [6.07, 6.45) is 5.17. The molecule has 1 unspecified atom stereocenters. The average Bonchev–Trinajstić information content (AvgIpc) is 3.02. The molecule has 2 heterocycles. The summed E-state index contributed by atoms with van der Waals surface area (Å²) >= 11 is 0. The van der Waals surface area contributed by atoms with Crippen LogP contribution in [0.3, 0.4) is 0 Å². The Hall–Kier alpha value is -1.81. The van der Waals surface area contributed by atoms with Gasteiger partial charge in [0.15, 0.2) is 0 Å². The van der Waals surface area contributed by atoms with Crippen LogP contribution in [0.15, 0.2) is 30.5 Å². The molecule has 1 aliphatic heterocycles. The quantitative estimate of drug-likeness (QED) is 0.773. The molecule has 3 rings (SSSR count). The first-order chi connectivity index (χ1) is 8.84. The fourth-order valence-corrected chi connectivity index (χ4v) is 2.58. The molecule has 0 aliphatic carbocycles. The van der Waals surface area contributed by atoms with Crippen molar-refractivity contribution < 1.29 is 5.11 Å². The maximum Gasteiger partial charge on any atom is 0.123 e. The van der Waals surface area contributed by atoms with Gasteiger partial charge < -0.3 is 10.4 Å². The number of hydrogen-bond acceptors (Lipinski definition) is 3. The summed E-state index contributed by atoms with van der Waals surface area (Å²) in [5, 5.41) is 20.6. The maximum atomic E-state index is 9.91. The molecule has 94 valence electrons. The number of rotatable bonds is 3. The lowest BCUT2D eigenvalue weighted by Crippen LogP contribution is -2.24. The molecule has 18 heavy (non-hydrogen) atoms. The number of nitrogens with zero attached hydrogens (tertiary/aromatic N) is 1. The van der Waals surface area contributed by atoms with Crippen LogP contribution in [0.25, 0.3) is 11.1 Å². The van der Waals surface area contributed by atoms with Gasteiger partial charge in [0, 0.05) is 29.3 Å². The van der Waals surface area contributed by atoms with Gasteiger partial charge >= 0.3 is 0 Å². The number of hydrogen-bond donors (Lipinski definition) is 3. The number of benzene rings is 1. The monoisotopic (exact) mass is 243 g/mol. The van der Waals surface area contributed by atoms with E-state index in [0.29, 0.717) is 11.8 Å². The van der Waals surface area contributed by atoms with E-state index in [4.69, 9.17) is 0 Å². The van der Waals surface area contributed by atoms with Gasteiger partial charge in [0.2, 0.25) is 0 Å². The molecule has 0 saturated carbocycles. The van der Waals surface area contributed by atoms with Crippen LogP contribution in [0, 0.1) is 0 Å². The number of phenolic OH excluding ortho intramolecular Hbond substituents is 1. The lowest BCUT2D eigenvalue weighted by atomic mass is 10.0. The number of aromatic amines is 1. The van der Waals surface area contributed by atoms with Crippen LogP contribution in [0.5, 0.6) is 5.75 Å². The van der Waals surface area contributed by atoms with Crippen LogP contribution in [-0.2, 0) is 6.42 Å². The van der Waals surface area contributed by atoms with Gasteiger partial charge in [-0.2, -0.15) is 5.10 Å². The molecule has 0 amide bonds. The van der Waals surface area contributed by atoms with E-state index in [9.17, 15) is 5.11 Å². The van der Waals surface area contributed by atoms with Crippen molar-refractivity contribution in [3.8, 4) is 16.9 Å². The van der Waals surface area contributed by atoms with Crippen molar-refractivity contribution in [3.05, 3.63) is 36.2 Å². The fourth-order valence-electron chi connectivity index (χ4n) is 2.58.